The van der Waals surface area contributed by atoms with Gasteiger partial charge in [0.2, 0.25) is 0 Å². The van der Waals surface area contributed by atoms with Gasteiger partial charge < -0.3 is 15.3 Å². The van der Waals surface area contributed by atoms with E-state index in [1.54, 1.807) is 0 Å². The summed E-state index contributed by atoms with van der Waals surface area (Å²) >= 11 is 0. The van der Waals surface area contributed by atoms with Crippen molar-refractivity contribution in [1.29, 1.82) is 0 Å². The molecule has 0 N–H and O–H groups in total. The summed E-state index contributed by atoms with van der Waals surface area (Å²) in [6.07, 6.45) is 0. The van der Waals surface area contributed by atoms with E-state index < -0.39 is 26.4 Å². The molecule has 0 aliphatic carbocycles. The molecule has 0 atom stereocenters. The van der Waals surface area contributed by atoms with Crippen LogP contribution in [0.25, 0.3) is 5.69 Å². The van der Waals surface area contributed by atoms with Crippen LogP contribution in [0.4, 0.5) is 17.3 Å². The van der Waals surface area contributed by atoms with Gasteiger partial charge in [-0.2, -0.15) is 0 Å². The monoisotopic (exact) mass is 296 g/mol. The fourth-order valence-corrected chi connectivity index (χ4v) is 1.49. The minimum Gasteiger partial charge on any atom is -0.588 e. The van der Waals surface area contributed by atoms with E-state index in [1.807, 2.05) is 0 Å². The Morgan fingerprint density at radius 3 is 1.90 bits per heavy atom. The Balaban J connectivity index is 2.59. The van der Waals surface area contributed by atoms with E-state index in [2.05, 4.69) is 5.10 Å². The van der Waals surface area contributed by atoms with Crippen LogP contribution < -0.4 is 4.85 Å². The summed E-state index contributed by atoms with van der Waals surface area (Å²) in [4.78, 5) is 28.7. The van der Waals surface area contributed by atoms with Crippen LogP contribution in [-0.4, -0.2) is 24.7 Å². The predicted octanol–water partition coefficient (Wildman–Crippen LogP) is 0.230. The molecule has 0 bridgehead atoms. The van der Waals surface area contributed by atoms with Gasteiger partial charge in [-0.15, -0.1) is 0 Å². The van der Waals surface area contributed by atoms with Gasteiger partial charge in [0.15, 0.2) is 5.69 Å². The number of hydrogen-bond donors (Lipinski definition) is 0. The Hall–Kier alpha value is -3.64. The summed E-state index contributed by atoms with van der Waals surface area (Å²) in [6, 6.07) is 4.20. The van der Waals surface area contributed by atoms with Crippen molar-refractivity contribution >= 4 is 17.3 Å². The van der Waals surface area contributed by atoms with Crippen molar-refractivity contribution in [2.75, 3.05) is 0 Å². The highest BCUT2D eigenvalue weighted by molar-refractivity contribution is 5.41. The van der Waals surface area contributed by atoms with Gasteiger partial charge in [-0.1, -0.05) is 0 Å². The van der Waals surface area contributed by atoms with E-state index >= 15 is 0 Å². The van der Waals surface area contributed by atoms with Gasteiger partial charge in [0.25, 0.3) is 5.69 Å². The van der Waals surface area contributed by atoms with E-state index in [0.717, 1.165) is 24.3 Å². The van der Waals surface area contributed by atoms with Crippen molar-refractivity contribution in [2.45, 2.75) is 0 Å². The first-order valence-corrected chi connectivity index (χ1v) is 5.09. The van der Waals surface area contributed by atoms with Crippen molar-refractivity contribution in [1.82, 2.24) is 9.90 Å². The lowest BCUT2D eigenvalue weighted by molar-refractivity contribution is -0.729. The highest BCUT2D eigenvalue weighted by atomic mass is 16.7. The second-order valence-electron chi connectivity index (χ2n) is 3.60. The van der Waals surface area contributed by atoms with Gasteiger partial charge in [0.1, 0.15) is 10.0 Å². The molecular weight excluding hydrogens is 292 g/mol. The zero-order valence-corrected chi connectivity index (χ0v) is 9.85. The first-order chi connectivity index (χ1) is 9.82. The number of nitrogens with zero attached hydrogens (tertiary/aromatic N) is 6. The Labute approximate surface area is 113 Å². The maximum Gasteiger partial charge on any atom is 0.641 e. The summed E-state index contributed by atoms with van der Waals surface area (Å²) in [5.74, 6) is -2.58. The first kappa shape index (κ1) is 13.8. The predicted molar refractivity (Wildman–Crippen MR) is 62.5 cm³/mol. The second kappa shape index (κ2) is 4.80. The Morgan fingerprint density at radius 1 is 0.952 bits per heavy atom. The Morgan fingerprint density at radius 2 is 1.52 bits per heavy atom. The van der Waals surface area contributed by atoms with Crippen LogP contribution in [0.5, 0.6) is 0 Å². The van der Waals surface area contributed by atoms with E-state index in [-0.39, 0.29) is 16.2 Å². The molecule has 21 heavy (non-hydrogen) atoms. The summed E-state index contributed by atoms with van der Waals surface area (Å²) < 4.78 is 0. The normalized spacial score (nSPS) is 10.3. The van der Waals surface area contributed by atoms with Gasteiger partial charge in [-0.05, 0) is 17.1 Å². The number of benzene rings is 1. The average molecular weight is 296 g/mol. The summed E-state index contributed by atoms with van der Waals surface area (Å²) in [6.45, 7) is 0. The fraction of sp³-hybridized carbons (Fsp3) is 0. The molecule has 1 aromatic carbocycles. The second-order valence-corrected chi connectivity index (χ2v) is 3.60. The zero-order valence-electron chi connectivity index (χ0n) is 9.85. The lowest BCUT2D eigenvalue weighted by Crippen LogP contribution is -2.38. The molecule has 13 heteroatoms. The molecule has 2 aromatic rings. The molecule has 1 heterocycles. The molecule has 2 rings (SSSR count). The number of rotatable bonds is 4. The van der Waals surface area contributed by atoms with Crippen molar-refractivity contribution in [3.8, 4) is 5.69 Å². The van der Waals surface area contributed by atoms with Crippen LogP contribution in [0, 0.1) is 35.6 Å². The molecule has 0 amide bonds. The largest absolute Gasteiger partial charge is 0.641 e. The third kappa shape index (κ3) is 2.29. The van der Waals surface area contributed by atoms with Gasteiger partial charge in [-0.3, -0.25) is 20.2 Å². The number of non-ortho nitro benzene ring substituents is 1. The molecule has 0 aliphatic rings. The number of nitro groups is 3. The fourth-order valence-electron chi connectivity index (χ4n) is 1.49. The van der Waals surface area contributed by atoms with Crippen molar-refractivity contribution < 1.29 is 19.6 Å². The molecule has 0 fully saturated rings. The van der Waals surface area contributed by atoms with E-state index in [9.17, 15) is 35.6 Å². The van der Waals surface area contributed by atoms with Crippen LogP contribution >= 0.6 is 0 Å². The SMILES string of the molecule is O=[N+]([O-])c1ccc(-n2nc([N+](=O)[O-])c([N+](=O)[O-])[n+]2[O-])cc1. The maximum absolute atomic E-state index is 11.7. The van der Waals surface area contributed by atoms with Gasteiger partial charge in [-0.25, -0.2) is 0 Å². The molecule has 0 saturated carbocycles. The van der Waals surface area contributed by atoms with Crippen LogP contribution in [0.2, 0.25) is 0 Å². The quantitative estimate of drug-likeness (QED) is 0.333. The highest BCUT2D eigenvalue weighted by Crippen LogP contribution is 2.21. The van der Waals surface area contributed by atoms with Gasteiger partial charge in [0.05, 0.1) is 9.72 Å². The molecule has 0 unspecified atom stereocenters. The van der Waals surface area contributed by atoms with Crippen LogP contribution in [0.3, 0.4) is 0 Å². The van der Waals surface area contributed by atoms with E-state index in [1.165, 1.54) is 0 Å². The topological polar surface area (TPSA) is 174 Å². The minimum atomic E-state index is -1.35. The first-order valence-electron chi connectivity index (χ1n) is 5.09. The van der Waals surface area contributed by atoms with Crippen molar-refractivity contribution in [3.63, 3.8) is 0 Å². The van der Waals surface area contributed by atoms with Crippen molar-refractivity contribution in [2.24, 2.45) is 0 Å². The number of aromatic nitrogens is 3. The molecule has 0 aliphatic heterocycles. The molecule has 0 radical (unpaired) electrons. The molecule has 1 aromatic heterocycles. The van der Waals surface area contributed by atoms with Crippen molar-refractivity contribution in [3.05, 3.63) is 59.8 Å². The third-order valence-corrected chi connectivity index (χ3v) is 2.38. The molecule has 0 spiro atoms. The van der Waals surface area contributed by atoms with Gasteiger partial charge in [0, 0.05) is 17.0 Å². The Kier molecular flexibility index (Phi) is 3.15. The minimum absolute atomic E-state index is 0.105. The number of hydrogen-bond acceptors (Lipinski definition) is 8. The van der Waals surface area contributed by atoms with E-state index in [4.69, 9.17) is 0 Å². The molecule has 0 saturated heterocycles. The zero-order chi connectivity index (χ0) is 15.7. The van der Waals surface area contributed by atoms with Gasteiger partial charge >= 0.3 is 11.6 Å². The summed E-state index contributed by atoms with van der Waals surface area (Å²) in [5, 5.41) is 46.7. The Bertz CT molecular complexity index is 751. The van der Waals surface area contributed by atoms with Crippen LogP contribution in [-0.2, 0) is 0 Å². The van der Waals surface area contributed by atoms with Crippen LogP contribution in [0.15, 0.2) is 24.3 Å². The molecule has 13 nitrogen and oxygen atoms in total. The molecular formula is C8H4N6O7. The summed E-state index contributed by atoms with van der Waals surface area (Å²) in [5.41, 5.74) is -0.390. The molecule has 108 valence electrons. The lowest BCUT2D eigenvalue weighted by atomic mass is 10.3. The summed E-state index contributed by atoms with van der Waals surface area (Å²) in [7, 11) is 0. The standard InChI is InChI=1S/C8H4N6O7/c15-11-8(14(20)21)7(13(18)19)9-10(11)5-1-3-6(4-2-5)12(16)17/h1-4H. The highest BCUT2D eigenvalue weighted by Gasteiger charge is 2.45. The van der Waals surface area contributed by atoms with Crippen LogP contribution in [0.1, 0.15) is 0 Å². The van der Waals surface area contributed by atoms with E-state index in [0.29, 0.717) is 4.80 Å². The maximum atomic E-state index is 11.7. The smallest absolute Gasteiger partial charge is 0.588 e. The lowest BCUT2D eigenvalue weighted by Gasteiger charge is -1.95. The number of nitro benzene ring substituents is 1. The average Bonchev–Trinajstić information content (AvgIpc) is 2.76. The third-order valence-electron chi connectivity index (χ3n) is 2.38.